The molecular formula is C6H6N2O2S. The second-order valence-corrected chi connectivity index (χ2v) is 3.15. The fourth-order valence-electron chi connectivity index (χ4n) is 0.589. The molecule has 1 rings (SSSR count). The second kappa shape index (κ2) is 3.25. The van der Waals surface area contributed by atoms with Crippen molar-refractivity contribution in [1.29, 1.82) is 0 Å². The first-order valence-corrected chi connectivity index (χ1v) is 3.74. The zero-order valence-electron chi connectivity index (χ0n) is 5.85. The highest BCUT2D eigenvalue weighted by molar-refractivity contribution is 7.12. The Labute approximate surface area is 67.3 Å². The minimum absolute atomic E-state index is 0.491. The summed E-state index contributed by atoms with van der Waals surface area (Å²) in [7, 11) is 0. The molecule has 0 amide bonds. The lowest BCUT2D eigenvalue weighted by atomic mass is 10.5. The van der Waals surface area contributed by atoms with E-state index < -0.39 is 4.92 Å². The smallest absolute Gasteiger partial charge is 0.235 e. The molecule has 1 aromatic rings. The van der Waals surface area contributed by atoms with E-state index >= 15 is 0 Å². The normalized spacial score (nSPS) is 10.6. The number of rotatable bonds is 2. The molecule has 0 spiro atoms. The van der Waals surface area contributed by atoms with Crippen LogP contribution < -0.4 is 0 Å². The molecule has 11 heavy (non-hydrogen) atoms. The molecule has 0 saturated heterocycles. The van der Waals surface area contributed by atoms with Crippen LogP contribution in [0.1, 0.15) is 9.88 Å². The van der Waals surface area contributed by atoms with Crippen LogP contribution in [0.4, 0.5) is 0 Å². The van der Waals surface area contributed by atoms with Crippen molar-refractivity contribution in [2.75, 3.05) is 0 Å². The van der Waals surface area contributed by atoms with Gasteiger partial charge in [-0.1, -0.05) is 0 Å². The predicted octanol–water partition coefficient (Wildman–Crippen LogP) is 1.70. The first kappa shape index (κ1) is 7.87. The number of aromatic nitrogens is 1. The van der Waals surface area contributed by atoms with Gasteiger partial charge in [-0.2, -0.15) is 0 Å². The predicted molar refractivity (Wildman–Crippen MR) is 42.9 cm³/mol. The summed E-state index contributed by atoms with van der Waals surface area (Å²) in [5.74, 6) is 0. The third-order valence-corrected chi connectivity index (χ3v) is 1.88. The molecule has 0 saturated carbocycles. The molecule has 0 N–H and O–H groups in total. The SMILES string of the molecule is Cc1ncc(/C=C/[N+](=O)[O-])s1. The molecule has 58 valence electrons. The van der Waals surface area contributed by atoms with E-state index in [-0.39, 0.29) is 0 Å². The van der Waals surface area contributed by atoms with Gasteiger partial charge < -0.3 is 0 Å². The Morgan fingerprint density at radius 2 is 2.55 bits per heavy atom. The van der Waals surface area contributed by atoms with E-state index in [1.54, 1.807) is 6.20 Å². The molecule has 0 aliphatic heterocycles. The standard InChI is InChI=1S/C6H6N2O2S/c1-5-7-4-6(11-5)2-3-8(9)10/h2-4H,1H3/b3-2+. The summed E-state index contributed by atoms with van der Waals surface area (Å²) in [6.45, 7) is 1.86. The molecule has 5 heteroatoms. The van der Waals surface area contributed by atoms with Gasteiger partial charge in [0.15, 0.2) is 0 Å². The largest absolute Gasteiger partial charge is 0.259 e. The fraction of sp³-hybridized carbons (Fsp3) is 0.167. The Balaban J connectivity index is 2.71. The highest BCUT2D eigenvalue weighted by atomic mass is 32.1. The maximum absolute atomic E-state index is 9.88. The van der Waals surface area contributed by atoms with Crippen molar-refractivity contribution in [3.8, 4) is 0 Å². The number of aryl methyl sites for hydroxylation is 1. The van der Waals surface area contributed by atoms with Crippen LogP contribution in [0.15, 0.2) is 12.4 Å². The number of hydrogen-bond donors (Lipinski definition) is 0. The van der Waals surface area contributed by atoms with Crippen molar-refractivity contribution < 1.29 is 4.92 Å². The van der Waals surface area contributed by atoms with Crippen molar-refractivity contribution in [3.05, 3.63) is 32.4 Å². The van der Waals surface area contributed by atoms with Crippen molar-refractivity contribution in [2.45, 2.75) is 6.92 Å². The fourth-order valence-corrected chi connectivity index (χ4v) is 1.27. The van der Waals surface area contributed by atoms with Crippen LogP contribution in [0.3, 0.4) is 0 Å². The van der Waals surface area contributed by atoms with Crippen LogP contribution in [-0.4, -0.2) is 9.91 Å². The number of nitrogens with zero attached hydrogens (tertiary/aromatic N) is 2. The number of thiazole rings is 1. The summed E-state index contributed by atoms with van der Waals surface area (Å²) in [6, 6.07) is 0. The van der Waals surface area contributed by atoms with E-state index in [9.17, 15) is 10.1 Å². The molecule has 0 aromatic carbocycles. The molecular weight excluding hydrogens is 164 g/mol. The van der Waals surface area contributed by atoms with Crippen LogP contribution in [0, 0.1) is 17.0 Å². The molecule has 1 heterocycles. The lowest BCUT2D eigenvalue weighted by Gasteiger charge is -1.77. The third kappa shape index (κ3) is 2.46. The van der Waals surface area contributed by atoms with Gasteiger partial charge in [-0.3, -0.25) is 10.1 Å². The minimum atomic E-state index is -0.491. The molecule has 4 nitrogen and oxygen atoms in total. The van der Waals surface area contributed by atoms with Crippen molar-refractivity contribution >= 4 is 17.4 Å². The number of nitro groups is 1. The summed E-state index contributed by atoms with van der Waals surface area (Å²) >= 11 is 1.43. The van der Waals surface area contributed by atoms with Gasteiger partial charge in [0.05, 0.1) is 14.8 Å². The van der Waals surface area contributed by atoms with Gasteiger partial charge in [-0.15, -0.1) is 11.3 Å². The first-order valence-electron chi connectivity index (χ1n) is 2.92. The highest BCUT2D eigenvalue weighted by Crippen LogP contribution is 2.12. The quantitative estimate of drug-likeness (QED) is 0.501. The molecule has 0 aliphatic rings. The van der Waals surface area contributed by atoms with Crippen LogP contribution in [0.2, 0.25) is 0 Å². The van der Waals surface area contributed by atoms with Crippen LogP contribution in [0.25, 0.3) is 6.08 Å². The average molecular weight is 170 g/mol. The summed E-state index contributed by atoms with van der Waals surface area (Å²) in [5.41, 5.74) is 0. The Hall–Kier alpha value is -1.23. The Bertz CT molecular complexity index is 293. The molecule has 1 aromatic heterocycles. The highest BCUT2D eigenvalue weighted by Gasteiger charge is 1.94. The van der Waals surface area contributed by atoms with Gasteiger partial charge in [0.25, 0.3) is 0 Å². The number of hydrogen-bond acceptors (Lipinski definition) is 4. The molecule has 0 fully saturated rings. The van der Waals surface area contributed by atoms with Crippen molar-refractivity contribution in [3.63, 3.8) is 0 Å². The summed E-state index contributed by atoms with van der Waals surface area (Å²) < 4.78 is 0. The topological polar surface area (TPSA) is 56.0 Å². The molecule has 0 radical (unpaired) electrons. The van der Waals surface area contributed by atoms with Gasteiger partial charge >= 0.3 is 0 Å². The van der Waals surface area contributed by atoms with Gasteiger partial charge in [-0.25, -0.2) is 4.98 Å². The lowest BCUT2D eigenvalue weighted by molar-refractivity contribution is -0.400. The van der Waals surface area contributed by atoms with E-state index in [1.807, 2.05) is 6.92 Å². The van der Waals surface area contributed by atoms with Crippen molar-refractivity contribution in [1.82, 2.24) is 4.98 Å². The van der Waals surface area contributed by atoms with Crippen LogP contribution >= 0.6 is 11.3 Å². The molecule has 0 aliphatic carbocycles. The lowest BCUT2D eigenvalue weighted by Crippen LogP contribution is -1.80. The van der Waals surface area contributed by atoms with Crippen molar-refractivity contribution in [2.24, 2.45) is 0 Å². The van der Waals surface area contributed by atoms with Gasteiger partial charge in [0, 0.05) is 12.3 Å². The van der Waals surface area contributed by atoms with E-state index in [0.717, 1.165) is 16.1 Å². The zero-order valence-corrected chi connectivity index (χ0v) is 6.67. The minimum Gasteiger partial charge on any atom is -0.259 e. The Kier molecular flexibility index (Phi) is 2.32. The molecule has 0 atom stereocenters. The second-order valence-electron chi connectivity index (χ2n) is 1.88. The van der Waals surface area contributed by atoms with E-state index in [0.29, 0.717) is 0 Å². The van der Waals surface area contributed by atoms with Gasteiger partial charge in [0.1, 0.15) is 0 Å². The maximum Gasteiger partial charge on any atom is 0.235 e. The first-order chi connectivity index (χ1) is 5.18. The van der Waals surface area contributed by atoms with E-state index in [4.69, 9.17) is 0 Å². The van der Waals surface area contributed by atoms with Gasteiger partial charge in [0.2, 0.25) is 6.20 Å². The zero-order chi connectivity index (χ0) is 8.27. The molecule has 0 unspecified atom stereocenters. The van der Waals surface area contributed by atoms with Crippen LogP contribution in [0.5, 0.6) is 0 Å². The van der Waals surface area contributed by atoms with Gasteiger partial charge in [-0.05, 0) is 6.92 Å². The molecule has 0 bridgehead atoms. The van der Waals surface area contributed by atoms with E-state index in [1.165, 1.54) is 17.4 Å². The van der Waals surface area contributed by atoms with Crippen LogP contribution in [-0.2, 0) is 0 Å². The average Bonchev–Trinajstić information content (AvgIpc) is 2.31. The summed E-state index contributed by atoms with van der Waals surface area (Å²) in [6.07, 6.45) is 3.96. The summed E-state index contributed by atoms with van der Waals surface area (Å²) in [4.78, 5) is 14.1. The van der Waals surface area contributed by atoms with E-state index in [2.05, 4.69) is 4.98 Å². The maximum atomic E-state index is 9.88. The third-order valence-electron chi connectivity index (χ3n) is 1.000. The Morgan fingerprint density at radius 3 is 3.00 bits per heavy atom. The summed E-state index contributed by atoms with van der Waals surface area (Å²) in [5, 5.41) is 10.8. The monoisotopic (exact) mass is 170 g/mol. The Morgan fingerprint density at radius 1 is 1.82 bits per heavy atom.